The summed E-state index contributed by atoms with van der Waals surface area (Å²) in [6.07, 6.45) is -0.154. The Labute approximate surface area is 123 Å². The van der Waals surface area contributed by atoms with E-state index in [1.54, 1.807) is 19.2 Å². The lowest BCUT2D eigenvalue weighted by molar-refractivity contribution is 0.125. The third-order valence-electron chi connectivity index (χ3n) is 2.87. The minimum absolute atomic E-state index is 0.182. The number of aliphatic hydroxyl groups is 1. The van der Waals surface area contributed by atoms with Crippen molar-refractivity contribution in [3.63, 3.8) is 0 Å². The largest absolute Gasteiger partial charge is 0.492 e. The topological polar surface area (TPSA) is 67.5 Å². The summed E-state index contributed by atoms with van der Waals surface area (Å²) in [7, 11) is 1.77. The van der Waals surface area contributed by atoms with Crippen LogP contribution in [0.15, 0.2) is 12.1 Å². The second kappa shape index (κ2) is 7.92. The van der Waals surface area contributed by atoms with Crippen LogP contribution in [0.1, 0.15) is 25.0 Å². The summed E-state index contributed by atoms with van der Waals surface area (Å²) in [6.45, 7) is 2.79. The number of ether oxygens (including phenoxy) is 1. The van der Waals surface area contributed by atoms with Crippen molar-refractivity contribution in [3.05, 3.63) is 27.7 Å². The molecule has 4 nitrogen and oxygen atoms in total. The maximum absolute atomic E-state index is 10.5. The van der Waals surface area contributed by atoms with Gasteiger partial charge in [-0.15, -0.1) is 0 Å². The van der Waals surface area contributed by atoms with Gasteiger partial charge in [-0.25, -0.2) is 0 Å². The molecule has 6 heteroatoms. The highest BCUT2D eigenvalue weighted by molar-refractivity contribution is 6.35. The van der Waals surface area contributed by atoms with Crippen LogP contribution >= 0.6 is 23.2 Å². The van der Waals surface area contributed by atoms with Crippen LogP contribution in [-0.2, 0) is 0 Å². The Hall–Kier alpha value is -0.520. The van der Waals surface area contributed by atoms with Gasteiger partial charge in [0.15, 0.2) is 0 Å². The first-order chi connectivity index (χ1) is 9.04. The van der Waals surface area contributed by atoms with Gasteiger partial charge in [-0.05, 0) is 39.1 Å². The molecule has 108 valence electrons. The van der Waals surface area contributed by atoms with Gasteiger partial charge in [-0.2, -0.15) is 0 Å². The van der Waals surface area contributed by atoms with Crippen molar-refractivity contribution >= 4 is 23.2 Å². The van der Waals surface area contributed by atoms with Gasteiger partial charge < -0.3 is 20.9 Å². The van der Waals surface area contributed by atoms with Gasteiger partial charge in [0, 0.05) is 16.6 Å². The molecule has 0 aliphatic heterocycles. The molecular weight excluding hydrogens is 287 g/mol. The molecule has 0 bridgehead atoms. The smallest absolute Gasteiger partial charge is 0.143 e. The fraction of sp³-hybridized carbons (Fsp3) is 0.538. The number of nitrogens with one attached hydrogen (secondary N) is 1. The van der Waals surface area contributed by atoms with Gasteiger partial charge >= 0.3 is 0 Å². The molecule has 0 aromatic heterocycles. The Balaban J connectivity index is 3.15. The van der Waals surface area contributed by atoms with Crippen molar-refractivity contribution in [2.75, 3.05) is 20.2 Å². The van der Waals surface area contributed by atoms with E-state index in [1.807, 2.05) is 6.92 Å². The third kappa shape index (κ3) is 4.23. The molecule has 0 radical (unpaired) electrons. The summed E-state index contributed by atoms with van der Waals surface area (Å²) < 4.78 is 5.51. The lowest BCUT2D eigenvalue weighted by Gasteiger charge is -2.24. The Bertz CT molecular complexity index is 416. The maximum Gasteiger partial charge on any atom is 0.143 e. The average molecular weight is 307 g/mol. The minimum Gasteiger partial charge on any atom is -0.492 e. The number of hydrogen-bond donors (Lipinski definition) is 3. The summed E-state index contributed by atoms with van der Waals surface area (Å²) in [4.78, 5) is 0. The van der Waals surface area contributed by atoms with E-state index >= 15 is 0 Å². The van der Waals surface area contributed by atoms with Crippen molar-refractivity contribution < 1.29 is 9.84 Å². The molecule has 0 saturated heterocycles. The highest BCUT2D eigenvalue weighted by Crippen LogP contribution is 2.37. The minimum atomic E-state index is -0.786. The van der Waals surface area contributed by atoms with Gasteiger partial charge in [-0.1, -0.05) is 23.2 Å². The third-order valence-corrected chi connectivity index (χ3v) is 3.37. The Morgan fingerprint density at radius 3 is 2.63 bits per heavy atom. The number of aliphatic hydroxyl groups excluding tert-OH is 1. The second-order valence-corrected chi connectivity index (χ2v) is 5.00. The molecule has 0 fully saturated rings. The molecule has 2 unspecified atom stereocenters. The molecule has 0 aliphatic carbocycles. The molecule has 0 spiro atoms. The van der Waals surface area contributed by atoms with Crippen LogP contribution in [0.3, 0.4) is 0 Å². The predicted molar refractivity (Wildman–Crippen MR) is 79.1 cm³/mol. The van der Waals surface area contributed by atoms with Crippen molar-refractivity contribution in [1.29, 1.82) is 0 Å². The molecule has 0 heterocycles. The number of nitrogens with two attached hydrogens (primary N) is 1. The Kier molecular flexibility index (Phi) is 6.89. The van der Waals surface area contributed by atoms with E-state index in [9.17, 15) is 5.11 Å². The zero-order valence-corrected chi connectivity index (χ0v) is 12.6. The van der Waals surface area contributed by atoms with Crippen LogP contribution < -0.4 is 15.8 Å². The molecule has 0 saturated carbocycles. The molecule has 1 aromatic carbocycles. The van der Waals surface area contributed by atoms with E-state index in [4.69, 9.17) is 33.7 Å². The average Bonchev–Trinajstić information content (AvgIpc) is 2.38. The molecule has 4 N–H and O–H groups in total. The van der Waals surface area contributed by atoms with E-state index < -0.39 is 6.10 Å². The fourth-order valence-corrected chi connectivity index (χ4v) is 2.52. The monoisotopic (exact) mass is 306 g/mol. The van der Waals surface area contributed by atoms with Gasteiger partial charge in [0.1, 0.15) is 5.75 Å². The van der Waals surface area contributed by atoms with Gasteiger partial charge in [0.2, 0.25) is 0 Å². The zero-order valence-electron chi connectivity index (χ0n) is 11.1. The number of hydrogen-bond acceptors (Lipinski definition) is 4. The van der Waals surface area contributed by atoms with Crippen LogP contribution in [0, 0.1) is 0 Å². The van der Waals surface area contributed by atoms with E-state index in [0.29, 0.717) is 40.9 Å². The first kappa shape index (κ1) is 16.5. The van der Waals surface area contributed by atoms with Crippen LogP contribution in [-0.4, -0.2) is 31.3 Å². The van der Waals surface area contributed by atoms with Crippen LogP contribution in [0.4, 0.5) is 0 Å². The summed E-state index contributed by atoms with van der Waals surface area (Å²) in [5.41, 5.74) is 6.12. The molecule has 0 amide bonds. The van der Waals surface area contributed by atoms with Crippen LogP contribution in [0.5, 0.6) is 5.75 Å². The lowest BCUT2D eigenvalue weighted by atomic mass is 9.99. The Morgan fingerprint density at radius 1 is 1.42 bits per heavy atom. The number of rotatable bonds is 7. The predicted octanol–water partition coefficient (Wildman–Crippen LogP) is 2.36. The number of likely N-dealkylation sites (N-methyl/N-ethyl adjacent to an activating group) is 1. The van der Waals surface area contributed by atoms with E-state index in [0.717, 1.165) is 0 Å². The maximum atomic E-state index is 10.5. The summed E-state index contributed by atoms with van der Waals surface area (Å²) in [5.74, 6) is 0.471. The number of halogens is 2. The molecule has 1 rings (SSSR count). The van der Waals surface area contributed by atoms with Gasteiger partial charge in [0.25, 0.3) is 0 Å². The quantitative estimate of drug-likeness (QED) is 0.723. The molecule has 19 heavy (non-hydrogen) atoms. The van der Waals surface area contributed by atoms with E-state index in [-0.39, 0.29) is 6.04 Å². The Morgan fingerprint density at radius 2 is 2.11 bits per heavy atom. The number of benzene rings is 1. The summed E-state index contributed by atoms with van der Waals surface area (Å²) in [5, 5.41) is 14.3. The van der Waals surface area contributed by atoms with E-state index in [2.05, 4.69) is 5.32 Å². The lowest BCUT2D eigenvalue weighted by Crippen LogP contribution is -2.34. The van der Waals surface area contributed by atoms with Gasteiger partial charge in [-0.3, -0.25) is 0 Å². The standard InChI is InChI=1S/C13H20Cl2N2O2/c1-3-19-13-9(6-8(14)7-10(13)15)12(18)11(17-2)4-5-16/h6-7,11-12,17-18H,3-5,16H2,1-2H3. The molecule has 2 atom stereocenters. The van der Waals surface area contributed by atoms with Crippen molar-refractivity contribution in [3.8, 4) is 5.75 Å². The van der Waals surface area contributed by atoms with Crippen molar-refractivity contribution in [1.82, 2.24) is 5.32 Å². The highest BCUT2D eigenvalue weighted by Gasteiger charge is 2.24. The van der Waals surface area contributed by atoms with Gasteiger partial charge in [0.05, 0.1) is 17.7 Å². The molecule has 1 aromatic rings. The fourth-order valence-electron chi connectivity index (χ4n) is 1.95. The zero-order chi connectivity index (χ0) is 14.4. The van der Waals surface area contributed by atoms with Crippen molar-refractivity contribution in [2.24, 2.45) is 5.73 Å². The first-order valence-electron chi connectivity index (χ1n) is 6.22. The highest BCUT2D eigenvalue weighted by atomic mass is 35.5. The van der Waals surface area contributed by atoms with Crippen LogP contribution in [0.25, 0.3) is 0 Å². The molecular formula is C13H20Cl2N2O2. The van der Waals surface area contributed by atoms with E-state index in [1.165, 1.54) is 0 Å². The normalized spacial score (nSPS) is 14.2. The molecule has 0 aliphatic rings. The van der Waals surface area contributed by atoms with Crippen molar-refractivity contribution in [2.45, 2.75) is 25.5 Å². The first-order valence-corrected chi connectivity index (χ1v) is 6.97. The summed E-state index contributed by atoms with van der Waals surface area (Å²) in [6, 6.07) is 3.09. The van der Waals surface area contributed by atoms with Crippen LogP contribution in [0.2, 0.25) is 10.0 Å². The summed E-state index contributed by atoms with van der Waals surface area (Å²) >= 11 is 12.1. The second-order valence-electron chi connectivity index (χ2n) is 4.16. The SMILES string of the molecule is CCOc1c(Cl)cc(Cl)cc1C(O)C(CCN)NC.